The van der Waals surface area contributed by atoms with Crippen molar-refractivity contribution in [2.24, 2.45) is 17.0 Å². The number of anilines is 1. The Hall–Kier alpha value is -2.22. The van der Waals surface area contributed by atoms with Gasteiger partial charge in [-0.05, 0) is 47.6 Å². The summed E-state index contributed by atoms with van der Waals surface area (Å²) in [6, 6.07) is 14.5. The molecule has 0 aliphatic rings. The molecule has 1 atom stereocenters. The fraction of sp³-hybridized carbons (Fsp3) is 0.409. The van der Waals surface area contributed by atoms with Gasteiger partial charge in [-0.1, -0.05) is 58.0 Å². The first-order valence-electron chi connectivity index (χ1n) is 9.81. The predicted octanol–water partition coefficient (Wildman–Crippen LogP) is 3.46. The van der Waals surface area contributed by atoms with Crippen molar-refractivity contribution in [3.05, 3.63) is 59.7 Å². The molecule has 0 bridgehead atoms. The smallest absolute Gasteiger partial charge is 0.238 e. The van der Waals surface area contributed by atoms with E-state index in [0.717, 1.165) is 12.0 Å². The van der Waals surface area contributed by atoms with Gasteiger partial charge in [-0.3, -0.25) is 4.79 Å². The van der Waals surface area contributed by atoms with Crippen molar-refractivity contribution in [1.29, 1.82) is 0 Å². The van der Waals surface area contributed by atoms with E-state index >= 15 is 0 Å². The van der Waals surface area contributed by atoms with E-state index in [4.69, 9.17) is 5.14 Å². The first kappa shape index (κ1) is 23.1. The first-order valence-corrected chi connectivity index (χ1v) is 11.4. The average molecular weight is 418 g/mol. The molecular weight excluding hydrogens is 386 g/mol. The Morgan fingerprint density at radius 3 is 2.24 bits per heavy atom. The van der Waals surface area contributed by atoms with Gasteiger partial charge >= 0.3 is 0 Å². The van der Waals surface area contributed by atoms with E-state index in [1.165, 1.54) is 17.7 Å². The van der Waals surface area contributed by atoms with Gasteiger partial charge in [-0.2, -0.15) is 0 Å². The number of hydrogen-bond acceptors (Lipinski definition) is 4. The molecule has 0 spiro atoms. The highest BCUT2D eigenvalue weighted by molar-refractivity contribution is 7.89. The molecule has 0 fully saturated rings. The highest BCUT2D eigenvalue weighted by atomic mass is 32.2. The first-order chi connectivity index (χ1) is 13.6. The van der Waals surface area contributed by atoms with Crippen molar-refractivity contribution >= 4 is 21.6 Å². The van der Waals surface area contributed by atoms with Gasteiger partial charge in [0.1, 0.15) is 0 Å². The van der Waals surface area contributed by atoms with Crippen LogP contribution in [-0.2, 0) is 21.2 Å². The Labute approximate surface area is 173 Å². The molecule has 1 unspecified atom stereocenters. The number of carbonyl (C=O) groups is 1. The van der Waals surface area contributed by atoms with E-state index in [1.54, 1.807) is 12.1 Å². The molecule has 2 aromatic rings. The maximum Gasteiger partial charge on any atom is 0.238 e. The van der Waals surface area contributed by atoms with Crippen LogP contribution >= 0.6 is 0 Å². The molecule has 2 aromatic carbocycles. The Balaban J connectivity index is 2.01. The van der Waals surface area contributed by atoms with Gasteiger partial charge in [-0.25, -0.2) is 13.6 Å². The molecule has 4 N–H and O–H groups in total. The molecule has 7 heteroatoms. The van der Waals surface area contributed by atoms with Gasteiger partial charge in [0.15, 0.2) is 0 Å². The number of amides is 1. The standard InChI is InChI=1S/C22H31N3O3S/c1-15(2)12-17-8-10-18(11-9-17)22(16(3)4)24-14-21(26)25-19-6-5-7-20(13-19)29(23,27)28/h5-11,13,15-16,22,24H,12,14H2,1-4H3,(H,25,26)(H2,23,27,28). The average Bonchev–Trinajstić information content (AvgIpc) is 2.62. The van der Waals surface area contributed by atoms with Crippen LogP contribution in [0.25, 0.3) is 0 Å². The van der Waals surface area contributed by atoms with Crippen molar-refractivity contribution in [3.63, 3.8) is 0 Å². The molecule has 29 heavy (non-hydrogen) atoms. The number of sulfonamides is 1. The summed E-state index contributed by atoms with van der Waals surface area (Å²) in [5.74, 6) is 0.652. The van der Waals surface area contributed by atoms with E-state index in [-0.39, 0.29) is 23.4 Å². The third-order valence-electron chi connectivity index (χ3n) is 4.58. The summed E-state index contributed by atoms with van der Waals surface area (Å²) in [6.45, 7) is 8.71. The summed E-state index contributed by atoms with van der Waals surface area (Å²) in [4.78, 5) is 12.3. The zero-order chi connectivity index (χ0) is 21.6. The molecule has 0 aromatic heterocycles. The highest BCUT2D eigenvalue weighted by Gasteiger charge is 2.17. The summed E-state index contributed by atoms with van der Waals surface area (Å²) in [7, 11) is -3.81. The van der Waals surface area contributed by atoms with Crippen LogP contribution in [0.4, 0.5) is 5.69 Å². The van der Waals surface area contributed by atoms with Gasteiger partial charge in [0.2, 0.25) is 15.9 Å². The molecule has 0 aliphatic heterocycles. The molecule has 0 saturated carbocycles. The minimum atomic E-state index is -3.81. The van der Waals surface area contributed by atoms with Gasteiger partial charge in [-0.15, -0.1) is 0 Å². The Morgan fingerprint density at radius 1 is 1.03 bits per heavy atom. The molecule has 0 radical (unpaired) electrons. The quantitative estimate of drug-likeness (QED) is 0.581. The molecule has 0 saturated heterocycles. The van der Waals surface area contributed by atoms with Crippen molar-refractivity contribution in [3.8, 4) is 0 Å². The molecule has 2 rings (SSSR count). The second-order valence-electron chi connectivity index (χ2n) is 8.06. The van der Waals surface area contributed by atoms with E-state index in [9.17, 15) is 13.2 Å². The van der Waals surface area contributed by atoms with E-state index in [0.29, 0.717) is 17.5 Å². The maximum atomic E-state index is 12.4. The number of hydrogen-bond donors (Lipinski definition) is 3. The number of carbonyl (C=O) groups excluding carboxylic acids is 1. The van der Waals surface area contributed by atoms with Crippen LogP contribution in [0.5, 0.6) is 0 Å². The normalized spacial score (nSPS) is 12.9. The predicted molar refractivity (Wildman–Crippen MR) is 117 cm³/mol. The lowest BCUT2D eigenvalue weighted by Gasteiger charge is -2.23. The summed E-state index contributed by atoms with van der Waals surface area (Å²) >= 11 is 0. The minimum Gasteiger partial charge on any atom is -0.325 e. The van der Waals surface area contributed by atoms with Crippen LogP contribution in [-0.4, -0.2) is 20.9 Å². The van der Waals surface area contributed by atoms with Gasteiger partial charge in [0, 0.05) is 11.7 Å². The molecule has 158 valence electrons. The summed E-state index contributed by atoms with van der Waals surface area (Å²) in [5, 5.41) is 11.2. The van der Waals surface area contributed by atoms with E-state index in [1.807, 2.05) is 0 Å². The molecule has 0 heterocycles. The molecule has 1 amide bonds. The monoisotopic (exact) mass is 417 g/mol. The summed E-state index contributed by atoms with van der Waals surface area (Å²) < 4.78 is 22.9. The third-order valence-corrected chi connectivity index (χ3v) is 5.49. The number of nitrogens with two attached hydrogens (primary N) is 1. The Morgan fingerprint density at radius 2 is 1.69 bits per heavy atom. The second kappa shape index (κ2) is 10.0. The van der Waals surface area contributed by atoms with Crippen LogP contribution < -0.4 is 15.8 Å². The van der Waals surface area contributed by atoms with Gasteiger partial charge < -0.3 is 10.6 Å². The number of rotatable bonds is 9. The SMILES string of the molecule is CC(C)Cc1ccc(C(NCC(=O)Nc2cccc(S(N)(=O)=O)c2)C(C)C)cc1. The van der Waals surface area contributed by atoms with Crippen LogP contribution in [0.15, 0.2) is 53.4 Å². The lowest BCUT2D eigenvalue weighted by atomic mass is 9.94. The lowest BCUT2D eigenvalue weighted by Crippen LogP contribution is -2.33. The molecular formula is C22H31N3O3S. The van der Waals surface area contributed by atoms with E-state index < -0.39 is 10.0 Å². The summed E-state index contributed by atoms with van der Waals surface area (Å²) in [6.07, 6.45) is 1.04. The van der Waals surface area contributed by atoms with Gasteiger partial charge in [0.05, 0.1) is 11.4 Å². The van der Waals surface area contributed by atoms with Crippen LogP contribution in [0.3, 0.4) is 0 Å². The van der Waals surface area contributed by atoms with Crippen LogP contribution in [0, 0.1) is 11.8 Å². The zero-order valence-electron chi connectivity index (χ0n) is 17.5. The van der Waals surface area contributed by atoms with Crippen molar-refractivity contribution in [2.75, 3.05) is 11.9 Å². The number of nitrogens with one attached hydrogen (secondary N) is 2. The fourth-order valence-corrected chi connectivity index (χ4v) is 3.79. The third kappa shape index (κ3) is 7.27. The van der Waals surface area contributed by atoms with E-state index in [2.05, 4.69) is 62.6 Å². The highest BCUT2D eigenvalue weighted by Crippen LogP contribution is 2.23. The number of benzene rings is 2. The Kier molecular flexibility index (Phi) is 7.96. The van der Waals surface area contributed by atoms with Gasteiger partial charge in [0.25, 0.3) is 0 Å². The lowest BCUT2D eigenvalue weighted by molar-refractivity contribution is -0.115. The zero-order valence-corrected chi connectivity index (χ0v) is 18.3. The van der Waals surface area contributed by atoms with Crippen molar-refractivity contribution < 1.29 is 13.2 Å². The minimum absolute atomic E-state index is 0.0320. The largest absolute Gasteiger partial charge is 0.325 e. The Bertz CT molecular complexity index is 923. The topological polar surface area (TPSA) is 101 Å². The van der Waals surface area contributed by atoms with Crippen molar-refractivity contribution in [1.82, 2.24) is 5.32 Å². The van der Waals surface area contributed by atoms with Crippen LogP contribution in [0.1, 0.15) is 44.9 Å². The van der Waals surface area contributed by atoms with Crippen LogP contribution in [0.2, 0.25) is 0 Å². The maximum absolute atomic E-state index is 12.4. The van der Waals surface area contributed by atoms with Crippen molar-refractivity contribution in [2.45, 2.75) is 45.1 Å². The second-order valence-corrected chi connectivity index (χ2v) is 9.62. The molecule has 0 aliphatic carbocycles. The molecule has 6 nitrogen and oxygen atoms in total. The number of primary sulfonamides is 1. The summed E-state index contributed by atoms with van der Waals surface area (Å²) in [5.41, 5.74) is 2.83. The fourth-order valence-electron chi connectivity index (χ4n) is 3.23.